The van der Waals surface area contributed by atoms with E-state index in [1.54, 1.807) is 0 Å². The minimum Gasteiger partial charge on any atom is -0.378 e. The molecule has 0 aliphatic heterocycles. The highest BCUT2D eigenvalue weighted by Crippen LogP contribution is 2.34. The molecule has 1 atom stereocenters. The van der Waals surface area contributed by atoms with E-state index >= 15 is 0 Å². The van der Waals surface area contributed by atoms with Gasteiger partial charge in [-0.1, -0.05) is 24.3 Å². The molecule has 2 nitrogen and oxygen atoms in total. The number of rotatable bonds is 4. The van der Waals surface area contributed by atoms with Gasteiger partial charge in [-0.25, -0.2) is 0 Å². The topological polar surface area (TPSA) is 21.3 Å². The van der Waals surface area contributed by atoms with Crippen molar-refractivity contribution in [2.24, 2.45) is 0 Å². The van der Waals surface area contributed by atoms with E-state index in [0.717, 1.165) is 6.61 Å². The van der Waals surface area contributed by atoms with Crippen molar-refractivity contribution in [1.29, 1.82) is 0 Å². The van der Waals surface area contributed by atoms with Crippen LogP contribution in [0.3, 0.4) is 0 Å². The van der Waals surface area contributed by atoms with Crippen molar-refractivity contribution >= 4 is 0 Å². The van der Waals surface area contributed by atoms with Gasteiger partial charge in [0.2, 0.25) is 0 Å². The molecule has 1 aromatic rings. The highest BCUT2D eigenvalue weighted by Gasteiger charge is 2.32. The van der Waals surface area contributed by atoms with E-state index in [1.165, 1.54) is 36.8 Å². The molecule has 0 saturated heterocycles. The second-order valence-electron chi connectivity index (χ2n) is 5.20. The average Bonchev–Trinajstić information content (AvgIpc) is 2.70. The summed E-state index contributed by atoms with van der Waals surface area (Å²) < 4.78 is 5.60. The SMILES string of the molecule is CCOC1CC(NC2CCc3ccccc32)C1. The van der Waals surface area contributed by atoms with Crippen LogP contribution in [0, 0.1) is 0 Å². The summed E-state index contributed by atoms with van der Waals surface area (Å²) in [5, 5.41) is 3.78. The molecule has 92 valence electrons. The molecule has 1 unspecified atom stereocenters. The maximum absolute atomic E-state index is 5.60. The first-order valence-electron chi connectivity index (χ1n) is 6.82. The smallest absolute Gasteiger partial charge is 0.0604 e. The summed E-state index contributed by atoms with van der Waals surface area (Å²) in [4.78, 5) is 0. The lowest BCUT2D eigenvalue weighted by Gasteiger charge is -2.37. The zero-order valence-electron chi connectivity index (χ0n) is 10.5. The van der Waals surface area contributed by atoms with Crippen molar-refractivity contribution in [3.8, 4) is 0 Å². The molecule has 2 heteroatoms. The lowest BCUT2D eigenvalue weighted by atomic mass is 9.88. The van der Waals surface area contributed by atoms with Crippen LogP contribution in [0.5, 0.6) is 0 Å². The molecular formula is C15H21NO. The molecule has 0 radical (unpaired) electrons. The monoisotopic (exact) mass is 231 g/mol. The van der Waals surface area contributed by atoms with Crippen molar-refractivity contribution < 1.29 is 4.74 Å². The highest BCUT2D eigenvalue weighted by molar-refractivity contribution is 5.34. The highest BCUT2D eigenvalue weighted by atomic mass is 16.5. The van der Waals surface area contributed by atoms with Gasteiger partial charge in [-0.15, -0.1) is 0 Å². The largest absolute Gasteiger partial charge is 0.378 e. The number of hydrogen-bond donors (Lipinski definition) is 1. The van der Waals surface area contributed by atoms with E-state index < -0.39 is 0 Å². The predicted octanol–water partition coefficient (Wildman–Crippen LogP) is 2.83. The normalized spacial score (nSPS) is 31.0. The average molecular weight is 231 g/mol. The molecule has 0 bridgehead atoms. The van der Waals surface area contributed by atoms with Gasteiger partial charge in [0.1, 0.15) is 0 Å². The quantitative estimate of drug-likeness (QED) is 0.860. The second kappa shape index (κ2) is 4.79. The van der Waals surface area contributed by atoms with Crippen LogP contribution in [0.1, 0.15) is 43.4 Å². The first-order valence-corrected chi connectivity index (χ1v) is 6.82. The Morgan fingerprint density at radius 1 is 1.29 bits per heavy atom. The van der Waals surface area contributed by atoms with Crippen LogP contribution in [-0.2, 0) is 11.2 Å². The molecule has 1 aromatic carbocycles. The fraction of sp³-hybridized carbons (Fsp3) is 0.600. The van der Waals surface area contributed by atoms with E-state index in [1.807, 2.05) is 0 Å². The summed E-state index contributed by atoms with van der Waals surface area (Å²) in [6.07, 6.45) is 5.37. The standard InChI is InChI=1S/C15H21NO/c1-2-17-13-9-12(10-13)16-15-8-7-11-5-3-4-6-14(11)15/h3-6,12-13,15-16H,2,7-10H2,1H3. The van der Waals surface area contributed by atoms with Crippen molar-refractivity contribution in [3.63, 3.8) is 0 Å². The van der Waals surface area contributed by atoms with E-state index in [2.05, 4.69) is 36.5 Å². The third-order valence-corrected chi connectivity index (χ3v) is 4.07. The number of hydrogen-bond acceptors (Lipinski definition) is 2. The van der Waals surface area contributed by atoms with Crippen molar-refractivity contribution in [2.45, 2.75) is 50.8 Å². The third kappa shape index (κ3) is 2.24. The van der Waals surface area contributed by atoms with E-state index in [4.69, 9.17) is 4.74 Å². The van der Waals surface area contributed by atoms with Gasteiger partial charge in [0.15, 0.2) is 0 Å². The maximum Gasteiger partial charge on any atom is 0.0604 e. The number of fused-ring (bicyclic) bond motifs is 1. The summed E-state index contributed by atoms with van der Waals surface area (Å²) in [7, 11) is 0. The summed E-state index contributed by atoms with van der Waals surface area (Å²) in [6.45, 7) is 2.93. The molecule has 1 saturated carbocycles. The Bertz CT molecular complexity index is 384. The Labute approximate surface area is 103 Å². The van der Waals surface area contributed by atoms with Gasteiger partial charge in [-0.2, -0.15) is 0 Å². The summed E-state index contributed by atoms with van der Waals surface area (Å²) >= 11 is 0. The van der Waals surface area contributed by atoms with Gasteiger partial charge in [0.25, 0.3) is 0 Å². The van der Waals surface area contributed by atoms with Crippen LogP contribution in [0.15, 0.2) is 24.3 Å². The van der Waals surface area contributed by atoms with Gasteiger partial charge in [-0.05, 0) is 43.7 Å². The first-order chi connectivity index (χ1) is 8.36. The molecule has 0 amide bonds. The lowest BCUT2D eigenvalue weighted by molar-refractivity contribution is -0.0124. The summed E-state index contributed by atoms with van der Waals surface area (Å²) in [5.41, 5.74) is 3.05. The molecule has 2 aliphatic rings. The van der Waals surface area contributed by atoms with Gasteiger partial charge in [0.05, 0.1) is 6.10 Å². The first kappa shape index (κ1) is 11.2. The molecule has 2 aliphatic carbocycles. The van der Waals surface area contributed by atoms with Gasteiger partial charge >= 0.3 is 0 Å². The van der Waals surface area contributed by atoms with Gasteiger partial charge < -0.3 is 10.1 Å². The fourth-order valence-electron chi connectivity index (χ4n) is 3.09. The molecule has 1 fully saturated rings. The van der Waals surface area contributed by atoms with Crippen LogP contribution in [-0.4, -0.2) is 18.8 Å². The van der Waals surface area contributed by atoms with Crippen molar-refractivity contribution in [3.05, 3.63) is 35.4 Å². The Morgan fingerprint density at radius 3 is 2.94 bits per heavy atom. The van der Waals surface area contributed by atoms with E-state index in [0.29, 0.717) is 18.2 Å². The Hall–Kier alpha value is -0.860. The molecule has 3 rings (SSSR count). The third-order valence-electron chi connectivity index (χ3n) is 4.07. The minimum absolute atomic E-state index is 0.508. The number of ether oxygens (including phenoxy) is 1. The zero-order valence-corrected chi connectivity index (χ0v) is 10.5. The molecule has 0 aromatic heterocycles. The second-order valence-corrected chi connectivity index (χ2v) is 5.20. The Morgan fingerprint density at radius 2 is 2.12 bits per heavy atom. The lowest BCUT2D eigenvalue weighted by Crippen LogP contribution is -2.46. The minimum atomic E-state index is 0.508. The molecule has 17 heavy (non-hydrogen) atoms. The van der Waals surface area contributed by atoms with E-state index in [9.17, 15) is 0 Å². The van der Waals surface area contributed by atoms with Crippen LogP contribution >= 0.6 is 0 Å². The van der Waals surface area contributed by atoms with Crippen LogP contribution in [0.25, 0.3) is 0 Å². The molecule has 0 heterocycles. The molecular weight excluding hydrogens is 210 g/mol. The van der Waals surface area contributed by atoms with Gasteiger partial charge in [-0.3, -0.25) is 0 Å². The number of aryl methyl sites for hydroxylation is 1. The summed E-state index contributed by atoms with van der Waals surface area (Å²) in [6, 6.07) is 10.1. The van der Waals surface area contributed by atoms with Crippen molar-refractivity contribution in [2.75, 3.05) is 6.61 Å². The van der Waals surface area contributed by atoms with Crippen LogP contribution < -0.4 is 5.32 Å². The Balaban J connectivity index is 1.55. The zero-order chi connectivity index (χ0) is 11.7. The number of benzene rings is 1. The predicted molar refractivity (Wildman–Crippen MR) is 69.1 cm³/mol. The van der Waals surface area contributed by atoms with Gasteiger partial charge in [0, 0.05) is 18.7 Å². The van der Waals surface area contributed by atoms with Crippen LogP contribution in [0.2, 0.25) is 0 Å². The maximum atomic E-state index is 5.60. The molecule has 0 spiro atoms. The Kier molecular flexibility index (Phi) is 3.17. The number of nitrogens with one attached hydrogen (secondary N) is 1. The van der Waals surface area contributed by atoms with Crippen LogP contribution in [0.4, 0.5) is 0 Å². The molecule has 1 N–H and O–H groups in total. The van der Waals surface area contributed by atoms with Crippen molar-refractivity contribution in [1.82, 2.24) is 5.32 Å². The van der Waals surface area contributed by atoms with E-state index in [-0.39, 0.29) is 0 Å². The summed E-state index contributed by atoms with van der Waals surface area (Å²) in [5.74, 6) is 0. The fourth-order valence-corrected chi connectivity index (χ4v) is 3.09.